The Hall–Kier alpha value is -1.84. The predicted molar refractivity (Wildman–Crippen MR) is 81.7 cm³/mol. The Morgan fingerprint density at radius 1 is 1.36 bits per heavy atom. The lowest BCUT2D eigenvalue weighted by atomic mass is 9.84. The molecule has 1 aromatic carbocycles. The molecule has 0 radical (unpaired) electrons. The van der Waals surface area contributed by atoms with Gasteiger partial charge in [0.1, 0.15) is 11.4 Å². The van der Waals surface area contributed by atoms with E-state index in [1.165, 1.54) is 0 Å². The average Bonchev–Trinajstić information content (AvgIpc) is 3.11. The van der Waals surface area contributed by atoms with Crippen LogP contribution in [-0.2, 0) is 4.79 Å². The van der Waals surface area contributed by atoms with Crippen LogP contribution in [0.1, 0.15) is 43.5 Å². The molecule has 1 spiro atoms. The Kier molecular flexibility index (Phi) is 2.87. The molecule has 0 bridgehead atoms. The second-order valence-corrected chi connectivity index (χ2v) is 7.18. The minimum Gasteiger partial charge on any atom is -0.486 e. The number of nitrogens with one attached hydrogen (secondary N) is 1. The lowest BCUT2D eigenvalue weighted by molar-refractivity contribution is -0.124. The van der Waals surface area contributed by atoms with Crippen molar-refractivity contribution in [3.63, 3.8) is 0 Å². The summed E-state index contributed by atoms with van der Waals surface area (Å²) in [5.41, 5.74) is 0.232. The van der Waals surface area contributed by atoms with Gasteiger partial charge in [-0.15, -0.1) is 0 Å². The van der Waals surface area contributed by atoms with Crippen LogP contribution < -0.4 is 10.1 Å². The molecule has 4 nitrogen and oxygen atoms in total. The van der Waals surface area contributed by atoms with Gasteiger partial charge < -0.3 is 10.1 Å². The molecule has 1 aromatic rings. The number of benzene rings is 1. The number of fused-ring (bicyclic) bond motifs is 3. The highest BCUT2D eigenvalue weighted by Crippen LogP contribution is 2.65. The Morgan fingerprint density at radius 2 is 2.14 bits per heavy atom. The van der Waals surface area contributed by atoms with E-state index in [-0.39, 0.29) is 29.6 Å². The van der Waals surface area contributed by atoms with Crippen molar-refractivity contribution in [1.29, 1.82) is 0 Å². The summed E-state index contributed by atoms with van der Waals surface area (Å²) in [4.78, 5) is 24.8. The first-order chi connectivity index (χ1) is 10.5. The van der Waals surface area contributed by atoms with Crippen LogP contribution in [0, 0.1) is 17.8 Å². The van der Waals surface area contributed by atoms with E-state index in [4.69, 9.17) is 4.74 Å². The summed E-state index contributed by atoms with van der Waals surface area (Å²) in [6, 6.07) is 7.61. The van der Waals surface area contributed by atoms with Crippen molar-refractivity contribution in [2.24, 2.45) is 17.8 Å². The van der Waals surface area contributed by atoms with Crippen molar-refractivity contribution in [2.45, 2.75) is 44.8 Å². The molecule has 22 heavy (non-hydrogen) atoms. The minimum atomic E-state index is -0.449. The van der Waals surface area contributed by atoms with E-state index in [9.17, 15) is 9.59 Å². The standard InChI is InChI=1S/C18H21NO3/c1-10(2)19-17(21)15-12-7-8-18(16(12)15)9-13(20)11-5-3-4-6-14(11)22-18/h3-6,10,12,15-16H,7-9H2,1-2H3,(H,19,21)/t12-,15+,16-,18+/m0/s1. The fourth-order valence-electron chi connectivity index (χ4n) is 4.50. The van der Waals surface area contributed by atoms with Crippen molar-refractivity contribution in [3.05, 3.63) is 29.8 Å². The van der Waals surface area contributed by atoms with Gasteiger partial charge in [0.25, 0.3) is 0 Å². The summed E-state index contributed by atoms with van der Waals surface area (Å²) in [5.74, 6) is 1.57. The molecule has 0 saturated heterocycles. The summed E-state index contributed by atoms with van der Waals surface area (Å²) in [7, 11) is 0. The minimum absolute atomic E-state index is 0.0224. The third-order valence-electron chi connectivity index (χ3n) is 5.37. The largest absolute Gasteiger partial charge is 0.486 e. The van der Waals surface area contributed by atoms with E-state index in [0.29, 0.717) is 23.7 Å². The predicted octanol–water partition coefficient (Wildman–Crippen LogP) is 2.57. The highest BCUT2D eigenvalue weighted by molar-refractivity contribution is 6.00. The molecular formula is C18H21NO3. The van der Waals surface area contributed by atoms with Gasteiger partial charge in [-0.05, 0) is 44.7 Å². The van der Waals surface area contributed by atoms with E-state index >= 15 is 0 Å². The van der Waals surface area contributed by atoms with Gasteiger partial charge in [0.15, 0.2) is 5.78 Å². The van der Waals surface area contributed by atoms with E-state index in [2.05, 4.69) is 5.32 Å². The fourth-order valence-corrected chi connectivity index (χ4v) is 4.50. The zero-order valence-corrected chi connectivity index (χ0v) is 13.0. The van der Waals surface area contributed by atoms with Crippen LogP contribution in [0.25, 0.3) is 0 Å². The molecular weight excluding hydrogens is 278 g/mol. The van der Waals surface area contributed by atoms with Gasteiger partial charge in [-0.1, -0.05) is 12.1 Å². The molecule has 4 rings (SSSR count). The molecule has 4 heteroatoms. The van der Waals surface area contributed by atoms with Crippen molar-refractivity contribution in [3.8, 4) is 5.75 Å². The lowest BCUT2D eigenvalue weighted by Crippen LogP contribution is -2.45. The molecule has 1 aliphatic heterocycles. The molecule has 0 aromatic heterocycles. The summed E-state index contributed by atoms with van der Waals surface area (Å²) in [6.07, 6.45) is 2.28. The van der Waals surface area contributed by atoms with E-state index in [1.807, 2.05) is 38.1 Å². The van der Waals surface area contributed by atoms with Crippen LogP contribution in [0.3, 0.4) is 0 Å². The number of amides is 1. The molecule has 0 unspecified atom stereocenters. The number of ether oxygens (including phenoxy) is 1. The maximum absolute atomic E-state index is 12.5. The first-order valence-electron chi connectivity index (χ1n) is 8.13. The Labute approximate surface area is 130 Å². The van der Waals surface area contributed by atoms with Crippen LogP contribution in [-0.4, -0.2) is 23.3 Å². The normalized spacial score (nSPS) is 35.0. The van der Waals surface area contributed by atoms with Gasteiger partial charge in [0.05, 0.1) is 12.0 Å². The maximum Gasteiger partial charge on any atom is 0.224 e. The Morgan fingerprint density at radius 3 is 2.91 bits per heavy atom. The second-order valence-electron chi connectivity index (χ2n) is 7.18. The number of para-hydroxylation sites is 1. The van der Waals surface area contributed by atoms with Crippen molar-refractivity contribution in [1.82, 2.24) is 5.32 Å². The van der Waals surface area contributed by atoms with Gasteiger partial charge in [0.2, 0.25) is 5.91 Å². The molecule has 4 atom stereocenters. The van der Waals surface area contributed by atoms with Crippen LogP contribution in [0.4, 0.5) is 0 Å². The Bertz CT molecular complexity index is 653. The summed E-state index contributed by atoms with van der Waals surface area (Å²) in [5, 5.41) is 3.01. The van der Waals surface area contributed by atoms with Crippen molar-refractivity contribution >= 4 is 11.7 Å². The number of carbonyl (C=O) groups is 2. The number of carbonyl (C=O) groups excluding carboxylic acids is 2. The van der Waals surface area contributed by atoms with Crippen LogP contribution in [0.5, 0.6) is 5.75 Å². The van der Waals surface area contributed by atoms with Crippen LogP contribution in [0.15, 0.2) is 24.3 Å². The smallest absolute Gasteiger partial charge is 0.224 e. The zero-order valence-electron chi connectivity index (χ0n) is 13.0. The molecule has 2 aliphatic carbocycles. The number of hydrogen-bond donors (Lipinski definition) is 1. The van der Waals surface area contributed by atoms with Crippen molar-refractivity contribution in [2.75, 3.05) is 0 Å². The number of rotatable bonds is 2. The topological polar surface area (TPSA) is 55.4 Å². The van der Waals surface area contributed by atoms with Gasteiger partial charge in [-0.3, -0.25) is 9.59 Å². The highest BCUT2D eigenvalue weighted by Gasteiger charge is 2.70. The molecule has 3 aliphatic rings. The monoisotopic (exact) mass is 299 g/mol. The number of hydrogen-bond acceptors (Lipinski definition) is 3. The average molecular weight is 299 g/mol. The third-order valence-corrected chi connectivity index (χ3v) is 5.37. The van der Waals surface area contributed by atoms with E-state index in [0.717, 1.165) is 12.8 Å². The summed E-state index contributed by atoms with van der Waals surface area (Å²) in [6.45, 7) is 3.95. The quantitative estimate of drug-likeness (QED) is 0.913. The SMILES string of the molecule is CC(C)NC(=O)[C@@H]1[C@@H]2CC[C@@]3(CC(=O)c4ccccc4O3)[C@@H]21. The van der Waals surface area contributed by atoms with Crippen LogP contribution >= 0.6 is 0 Å². The van der Waals surface area contributed by atoms with E-state index < -0.39 is 5.60 Å². The van der Waals surface area contributed by atoms with Gasteiger partial charge >= 0.3 is 0 Å². The Balaban J connectivity index is 1.59. The van der Waals surface area contributed by atoms with Crippen LogP contribution in [0.2, 0.25) is 0 Å². The molecule has 1 amide bonds. The van der Waals surface area contributed by atoms with Crippen molar-refractivity contribution < 1.29 is 14.3 Å². The first kappa shape index (κ1) is 13.8. The maximum atomic E-state index is 12.5. The van der Waals surface area contributed by atoms with Gasteiger partial charge in [-0.2, -0.15) is 0 Å². The van der Waals surface area contributed by atoms with Gasteiger partial charge in [0, 0.05) is 17.9 Å². The van der Waals surface area contributed by atoms with E-state index in [1.54, 1.807) is 0 Å². The molecule has 2 saturated carbocycles. The fraction of sp³-hybridized carbons (Fsp3) is 0.556. The zero-order chi connectivity index (χ0) is 15.5. The highest BCUT2D eigenvalue weighted by atomic mass is 16.5. The summed E-state index contributed by atoms with van der Waals surface area (Å²) < 4.78 is 6.29. The summed E-state index contributed by atoms with van der Waals surface area (Å²) >= 11 is 0. The number of ketones is 1. The number of Topliss-reactive ketones (excluding diaryl/α,β-unsaturated/α-hetero) is 1. The second kappa shape index (κ2) is 4.58. The molecule has 116 valence electrons. The molecule has 1 heterocycles. The molecule has 1 N–H and O–H groups in total. The third kappa shape index (κ3) is 1.89. The lowest BCUT2D eigenvalue weighted by Gasteiger charge is -2.37. The molecule has 2 fully saturated rings. The first-order valence-corrected chi connectivity index (χ1v) is 8.13. The van der Waals surface area contributed by atoms with Gasteiger partial charge in [-0.25, -0.2) is 0 Å².